The highest BCUT2D eigenvalue weighted by molar-refractivity contribution is 6.32. The highest BCUT2D eigenvalue weighted by Crippen LogP contribution is 2.38. The fraction of sp³-hybridized carbons (Fsp3) is 0.0870. The highest BCUT2D eigenvalue weighted by Gasteiger charge is 2.30. The van der Waals surface area contributed by atoms with Crippen molar-refractivity contribution in [3.05, 3.63) is 99.5 Å². The van der Waals surface area contributed by atoms with Gasteiger partial charge in [-0.05, 0) is 54.0 Å². The topological polar surface area (TPSA) is 35.5 Å². The van der Waals surface area contributed by atoms with Crippen LogP contribution in [0.25, 0.3) is 6.08 Å². The number of aryl methyl sites for hydroxylation is 1. The monoisotopic (exact) mass is 394 g/mol. The summed E-state index contributed by atoms with van der Waals surface area (Å²) in [5.41, 5.74) is 2.69. The first kappa shape index (κ1) is 18.3. The third-order valence-electron chi connectivity index (χ3n) is 4.43. The molecule has 1 aliphatic heterocycles. The molecular weight excluding hydrogens is 379 g/mol. The van der Waals surface area contributed by atoms with E-state index in [1.807, 2.05) is 25.1 Å². The molecular formula is C23H16ClFO3. The summed E-state index contributed by atoms with van der Waals surface area (Å²) < 4.78 is 24.8. The van der Waals surface area contributed by atoms with Crippen LogP contribution in [0.2, 0.25) is 5.02 Å². The molecule has 1 heterocycles. The Morgan fingerprint density at radius 1 is 1.11 bits per heavy atom. The van der Waals surface area contributed by atoms with Crippen LogP contribution >= 0.6 is 11.6 Å². The van der Waals surface area contributed by atoms with Gasteiger partial charge in [-0.25, -0.2) is 4.39 Å². The molecule has 4 rings (SSSR count). The van der Waals surface area contributed by atoms with Crippen LogP contribution in [0, 0.1) is 12.7 Å². The molecule has 0 spiro atoms. The van der Waals surface area contributed by atoms with E-state index in [2.05, 4.69) is 0 Å². The largest absolute Gasteiger partial charge is 0.489 e. The van der Waals surface area contributed by atoms with E-state index in [1.54, 1.807) is 36.4 Å². The van der Waals surface area contributed by atoms with Crippen molar-refractivity contribution in [2.45, 2.75) is 13.5 Å². The number of fused-ring (bicyclic) bond motifs is 1. The molecule has 0 aromatic heterocycles. The number of hydrogen-bond acceptors (Lipinski definition) is 3. The van der Waals surface area contributed by atoms with Crippen molar-refractivity contribution in [1.82, 2.24) is 0 Å². The molecule has 28 heavy (non-hydrogen) atoms. The Morgan fingerprint density at radius 3 is 2.71 bits per heavy atom. The Kier molecular flexibility index (Phi) is 4.88. The number of allylic oxidation sites excluding steroid dienone is 1. The standard InChI is InChI=1S/C23H16ClFO3/c1-14-9-18(27-13-15-5-4-7-17(25)10-15)12-20-22(14)23(26)21(28-20)11-16-6-2-3-8-19(16)24/h2-12H,13H2,1H3/b21-11-. The van der Waals surface area contributed by atoms with Crippen molar-refractivity contribution in [3.63, 3.8) is 0 Å². The molecule has 0 fully saturated rings. The summed E-state index contributed by atoms with van der Waals surface area (Å²) in [5, 5.41) is 0.540. The van der Waals surface area contributed by atoms with Crippen LogP contribution in [0.5, 0.6) is 11.5 Å². The molecule has 5 heteroatoms. The summed E-state index contributed by atoms with van der Waals surface area (Å²) >= 11 is 6.17. The van der Waals surface area contributed by atoms with E-state index in [4.69, 9.17) is 21.1 Å². The van der Waals surface area contributed by atoms with Gasteiger partial charge in [-0.2, -0.15) is 0 Å². The molecule has 0 saturated carbocycles. The second kappa shape index (κ2) is 7.49. The third-order valence-corrected chi connectivity index (χ3v) is 4.77. The van der Waals surface area contributed by atoms with Gasteiger partial charge in [0.05, 0.1) is 5.56 Å². The second-order valence-corrected chi connectivity index (χ2v) is 6.90. The zero-order valence-corrected chi connectivity index (χ0v) is 15.8. The normalized spacial score (nSPS) is 14.1. The second-order valence-electron chi connectivity index (χ2n) is 6.49. The van der Waals surface area contributed by atoms with Crippen LogP contribution < -0.4 is 9.47 Å². The van der Waals surface area contributed by atoms with Gasteiger partial charge >= 0.3 is 0 Å². The van der Waals surface area contributed by atoms with Crippen molar-refractivity contribution in [2.75, 3.05) is 0 Å². The van der Waals surface area contributed by atoms with E-state index in [9.17, 15) is 9.18 Å². The van der Waals surface area contributed by atoms with Gasteiger partial charge in [0.2, 0.25) is 5.78 Å². The molecule has 3 aromatic rings. The molecule has 1 aliphatic rings. The quantitative estimate of drug-likeness (QED) is 0.510. The summed E-state index contributed by atoms with van der Waals surface area (Å²) in [6.07, 6.45) is 1.64. The summed E-state index contributed by atoms with van der Waals surface area (Å²) in [4.78, 5) is 12.7. The molecule has 140 valence electrons. The van der Waals surface area contributed by atoms with Gasteiger partial charge in [0.25, 0.3) is 0 Å². The first-order valence-electron chi connectivity index (χ1n) is 8.72. The molecule has 0 radical (unpaired) electrons. The Hall–Kier alpha value is -3.11. The zero-order chi connectivity index (χ0) is 19.7. The Morgan fingerprint density at radius 2 is 1.93 bits per heavy atom. The lowest BCUT2D eigenvalue weighted by Gasteiger charge is -2.09. The summed E-state index contributed by atoms with van der Waals surface area (Å²) in [6.45, 7) is 2.04. The number of carbonyl (C=O) groups is 1. The van der Waals surface area contributed by atoms with Crippen molar-refractivity contribution in [3.8, 4) is 11.5 Å². The van der Waals surface area contributed by atoms with Crippen molar-refractivity contribution < 1.29 is 18.7 Å². The number of hydrogen-bond donors (Lipinski definition) is 0. The lowest BCUT2D eigenvalue weighted by Crippen LogP contribution is -2.00. The minimum absolute atomic E-state index is 0.191. The molecule has 0 bridgehead atoms. The van der Waals surface area contributed by atoms with Crippen LogP contribution in [0.15, 0.2) is 66.4 Å². The summed E-state index contributed by atoms with van der Waals surface area (Å²) in [7, 11) is 0. The Balaban J connectivity index is 1.58. The zero-order valence-electron chi connectivity index (χ0n) is 15.0. The molecule has 0 saturated heterocycles. The molecule has 0 atom stereocenters. The predicted octanol–water partition coefficient (Wildman–Crippen LogP) is 5.98. The maximum atomic E-state index is 13.3. The third kappa shape index (κ3) is 3.64. The molecule has 0 N–H and O–H groups in total. The first-order valence-corrected chi connectivity index (χ1v) is 9.10. The maximum absolute atomic E-state index is 13.3. The SMILES string of the molecule is Cc1cc(OCc2cccc(F)c2)cc2c1C(=O)/C(=C/c1ccccc1Cl)O2. The fourth-order valence-electron chi connectivity index (χ4n) is 3.09. The smallest absolute Gasteiger partial charge is 0.232 e. The number of carbonyl (C=O) groups excluding carboxylic acids is 1. The molecule has 0 aliphatic carbocycles. The predicted molar refractivity (Wildman–Crippen MR) is 106 cm³/mol. The van der Waals surface area contributed by atoms with Gasteiger partial charge in [0.15, 0.2) is 5.76 Å². The van der Waals surface area contributed by atoms with Crippen LogP contribution in [0.1, 0.15) is 27.0 Å². The number of ketones is 1. The lowest BCUT2D eigenvalue weighted by molar-refractivity contribution is 0.101. The van der Waals surface area contributed by atoms with E-state index < -0.39 is 0 Å². The number of ether oxygens (including phenoxy) is 2. The van der Waals surface area contributed by atoms with E-state index in [-0.39, 0.29) is 24.0 Å². The number of Topliss-reactive ketones (excluding diaryl/α,β-unsaturated/α-hetero) is 1. The van der Waals surface area contributed by atoms with E-state index >= 15 is 0 Å². The van der Waals surface area contributed by atoms with Crippen molar-refractivity contribution >= 4 is 23.5 Å². The van der Waals surface area contributed by atoms with Crippen molar-refractivity contribution in [1.29, 1.82) is 0 Å². The lowest BCUT2D eigenvalue weighted by atomic mass is 10.0. The number of halogens is 2. The van der Waals surface area contributed by atoms with Gasteiger partial charge in [0, 0.05) is 11.1 Å². The van der Waals surface area contributed by atoms with Gasteiger partial charge in [-0.1, -0.05) is 41.9 Å². The average Bonchev–Trinajstić information content (AvgIpc) is 2.98. The summed E-state index contributed by atoms with van der Waals surface area (Å²) in [5.74, 6) is 0.706. The minimum Gasteiger partial charge on any atom is -0.489 e. The molecule has 0 amide bonds. The van der Waals surface area contributed by atoms with Gasteiger partial charge in [-0.15, -0.1) is 0 Å². The highest BCUT2D eigenvalue weighted by atomic mass is 35.5. The molecule has 3 aromatic carbocycles. The van der Waals surface area contributed by atoms with E-state index in [0.29, 0.717) is 27.6 Å². The maximum Gasteiger partial charge on any atom is 0.232 e. The van der Waals surface area contributed by atoms with Crippen LogP contribution in [-0.4, -0.2) is 5.78 Å². The Labute approximate surface area is 167 Å². The molecule has 0 unspecified atom stereocenters. The van der Waals surface area contributed by atoms with Gasteiger partial charge in [-0.3, -0.25) is 4.79 Å². The van der Waals surface area contributed by atoms with Crippen LogP contribution in [0.4, 0.5) is 4.39 Å². The Bertz CT molecular complexity index is 1100. The molecule has 3 nitrogen and oxygen atoms in total. The van der Waals surface area contributed by atoms with Crippen LogP contribution in [0.3, 0.4) is 0 Å². The number of benzene rings is 3. The fourth-order valence-corrected chi connectivity index (χ4v) is 3.28. The van der Waals surface area contributed by atoms with Gasteiger partial charge in [0.1, 0.15) is 23.9 Å². The summed E-state index contributed by atoms with van der Waals surface area (Å²) in [6, 6.07) is 16.9. The van der Waals surface area contributed by atoms with Crippen LogP contribution in [-0.2, 0) is 6.61 Å². The van der Waals surface area contributed by atoms with E-state index in [0.717, 1.165) is 11.1 Å². The van der Waals surface area contributed by atoms with E-state index in [1.165, 1.54) is 12.1 Å². The minimum atomic E-state index is -0.311. The van der Waals surface area contributed by atoms with Crippen molar-refractivity contribution in [2.24, 2.45) is 0 Å². The number of rotatable bonds is 4. The average molecular weight is 395 g/mol. The van der Waals surface area contributed by atoms with Gasteiger partial charge < -0.3 is 9.47 Å². The first-order chi connectivity index (χ1) is 13.5.